The Hall–Kier alpha value is -1.03. The Morgan fingerprint density at radius 3 is 2.38 bits per heavy atom. The van der Waals surface area contributed by atoms with Crippen molar-refractivity contribution in [3.63, 3.8) is 0 Å². The molecule has 0 saturated carbocycles. The average Bonchev–Trinajstić information content (AvgIpc) is 2.00. The fourth-order valence-corrected chi connectivity index (χ4v) is 1.39. The van der Waals surface area contributed by atoms with Crippen LogP contribution in [-0.4, -0.2) is 13.1 Å². The molecule has 0 radical (unpaired) electrons. The minimum atomic E-state index is -1.65. The first-order chi connectivity index (χ1) is 6.12. The van der Waals surface area contributed by atoms with E-state index in [4.69, 9.17) is 0 Å². The summed E-state index contributed by atoms with van der Waals surface area (Å²) < 4.78 is 39.1. The average molecular weight is 187 g/mol. The molecular formula is C9H8F3N. The normalized spacial score (nSPS) is 19.6. The second-order valence-corrected chi connectivity index (χ2v) is 3.19. The first kappa shape index (κ1) is 8.56. The van der Waals surface area contributed by atoms with E-state index in [1.807, 2.05) is 0 Å². The fourth-order valence-electron chi connectivity index (χ4n) is 1.39. The Morgan fingerprint density at radius 2 is 1.92 bits per heavy atom. The zero-order valence-corrected chi connectivity index (χ0v) is 6.78. The van der Waals surface area contributed by atoms with Gasteiger partial charge < -0.3 is 5.32 Å². The molecule has 70 valence electrons. The molecule has 0 amide bonds. The Kier molecular flexibility index (Phi) is 1.80. The van der Waals surface area contributed by atoms with Crippen LogP contribution in [0.15, 0.2) is 18.2 Å². The lowest BCUT2D eigenvalue weighted by Crippen LogP contribution is -2.54. The van der Waals surface area contributed by atoms with E-state index in [-0.39, 0.29) is 18.7 Å². The number of benzene rings is 1. The molecule has 0 atom stereocenters. The van der Waals surface area contributed by atoms with Gasteiger partial charge >= 0.3 is 0 Å². The summed E-state index contributed by atoms with van der Waals surface area (Å²) in [6, 6.07) is 2.93. The minimum absolute atomic E-state index is 0.0624. The Bertz CT molecular complexity index is 334. The van der Waals surface area contributed by atoms with Crippen molar-refractivity contribution in [1.29, 1.82) is 0 Å². The van der Waals surface area contributed by atoms with Gasteiger partial charge in [-0.25, -0.2) is 13.2 Å². The third-order valence-electron chi connectivity index (χ3n) is 2.22. The molecule has 1 aliphatic rings. The minimum Gasteiger partial charge on any atom is -0.310 e. The van der Waals surface area contributed by atoms with Crippen molar-refractivity contribution in [3.05, 3.63) is 35.4 Å². The number of rotatable bonds is 1. The molecule has 0 aliphatic carbocycles. The summed E-state index contributed by atoms with van der Waals surface area (Å²) in [5.41, 5.74) is -1.72. The number of alkyl halides is 1. The zero-order valence-electron chi connectivity index (χ0n) is 6.78. The second-order valence-electron chi connectivity index (χ2n) is 3.19. The Labute approximate surface area is 73.6 Å². The summed E-state index contributed by atoms with van der Waals surface area (Å²) in [5.74, 6) is -1.50. The van der Waals surface area contributed by atoms with Crippen LogP contribution >= 0.6 is 0 Å². The molecule has 0 bridgehead atoms. The molecule has 1 heterocycles. The van der Waals surface area contributed by atoms with Crippen LogP contribution in [0.1, 0.15) is 5.56 Å². The molecule has 2 rings (SSSR count). The topological polar surface area (TPSA) is 12.0 Å². The van der Waals surface area contributed by atoms with E-state index in [0.717, 1.165) is 12.1 Å². The second kappa shape index (κ2) is 2.73. The van der Waals surface area contributed by atoms with Crippen molar-refractivity contribution in [3.8, 4) is 0 Å². The highest BCUT2D eigenvalue weighted by Crippen LogP contribution is 2.31. The molecule has 13 heavy (non-hydrogen) atoms. The molecule has 1 aromatic carbocycles. The standard InChI is InChI=1S/C9H8F3N/c10-6-1-2-7(8(11)3-6)9(12)4-13-5-9/h1-3,13H,4-5H2. The molecule has 1 fully saturated rings. The van der Waals surface area contributed by atoms with Crippen LogP contribution in [0.2, 0.25) is 0 Å². The highest BCUT2D eigenvalue weighted by molar-refractivity contribution is 5.28. The van der Waals surface area contributed by atoms with Gasteiger partial charge in [-0.3, -0.25) is 0 Å². The van der Waals surface area contributed by atoms with Gasteiger partial charge in [-0.05, 0) is 12.1 Å². The smallest absolute Gasteiger partial charge is 0.163 e. The maximum Gasteiger partial charge on any atom is 0.163 e. The summed E-state index contributed by atoms with van der Waals surface area (Å²) in [5, 5.41) is 2.71. The largest absolute Gasteiger partial charge is 0.310 e. The van der Waals surface area contributed by atoms with Crippen LogP contribution in [0.25, 0.3) is 0 Å². The van der Waals surface area contributed by atoms with Gasteiger partial charge in [0.05, 0.1) is 0 Å². The first-order valence-electron chi connectivity index (χ1n) is 3.97. The van der Waals surface area contributed by atoms with Gasteiger partial charge in [0.25, 0.3) is 0 Å². The van der Waals surface area contributed by atoms with Gasteiger partial charge in [0, 0.05) is 24.7 Å². The number of hydrogen-bond acceptors (Lipinski definition) is 1. The quantitative estimate of drug-likeness (QED) is 0.706. The number of nitrogens with one attached hydrogen (secondary N) is 1. The highest BCUT2D eigenvalue weighted by atomic mass is 19.2. The lowest BCUT2D eigenvalue weighted by molar-refractivity contribution is 0.0846. The first-order valence-corrected chi connectivity index (χ1v) is 3.97. The van der Waals surface area contributed by atoms with E-state index in [0.29, 0.717) is 6.07 Å². The summed E-state index contributed by atoms with van der Waals surface area (Å²) in [6.45, 7) is 0.186. The Balaban J connectivity index is 2.40. The van der Waals surface area contributed by atoms with E-state index >= 15 is 0 Å². The molecule has 0 aromatic heterocycles. The van der Waals surface area contributed by atoms with Gasteiger partial charge in [0.15, 0.2) is 5.67 Å². The highest BCUT2D eigenvalue weighted by Gasteiger charge is 2.40. The van der Waals surface area contributed by atoms with Gasteiger partial charge in [-0.15, -0.1) is 0 Å². The van der Waals surface area contributed by atoms with Crippen molar-refractivity contribution < 1.29 is 13.2 Å². The third kappa shape index (κ3) is 1.31. The van der Waals surface area contributed by atoms with Crippen molar-refractivity contribution in [1.82, 2.24) is 5.32 Å². The van der Waals surface area contributed by atoms with Crippen LogP contribution in [0, 0.1) is 11.6 Å². The van der Waals surface area contributed by atoms with Gasteiger partial charge in [-0.1, -0.05) is 0 Å². The van der Waals surface area contributed by atoms with Gasteiger partial charge in [-0.2, -0.15) is 0 Å². The maximum atomic E-state index is 13.6. The molecule has 4 heteroatoms. The lowest BCUT2D eigenvalue weighted by atomic mass is 9.90. The molecule has 0 spiro atoms. The van der Waals surface area contributed by atoms with E-state index in [2.05, 4.69) is 5.32 Å². The molecular weight excluding hydrogens is 179 g/mol. The van der Waals surface area contributed by atoms with Crippen molar-refractivity contribution in [2.45, 2.75) is 5.67 Å². The van der Waals surface area contributed by atoms with E-state index in [9.17, 15) is 13.2 Å². The summed E-state index contributed by atoms with van der Waals surface area (Å²) in [4.78, 5) is 0. The maximum absolute atomic E-state index is 13.6. The summed E-state index contributed by atoms with van der Waals surface area (Å²) >= 11 is 0. The summed E-state index contributed by atoms with van der Waals surface area (Å²) in [7, 11) is 0. The van der Waals surface area contributed by atoms with Crippen LogP contribution in [0.3, 0.4) is 0 Å². The lowest BCUT2D eigenvalue weighted by Gasteiger charge is -2.35. The molecule has 1 aliphatic heterocycles. The monoisotopic (exact) mass is 187 g/mol. The van der Waals surface area contributed by atoms with E-state index in [1.54, 1.807) is 0 Å². The van der Waals surface area contributed by atoms with Crippen molar-refractivity contribution in [2.24, 2.45) is 0 Å². The number of halogens is 3. The van der Waals surface area contributed by atoms with Gasteiger partial charge in [0.2, 0.25) is 0 Å². The van der Waals surface area contributed by atoms with E-state index < -0.39 is 17.3 Å². The van der Waals surface area contributed by atoms with Crippen LogP contribution in [0.5, 0.6) is 0 Å². The zero-order chi connectivity index (χ0) is 9.47. The van der Waals surface area contributed by atoms with Crippen LogP contribution in [-0.2, 0) is 5.67 Å². The molecule has 1 aromatic rings. The van der Waals surface area contributed by atoms with Crippen molar-refractivity contribution >= 4 is 0 Å². The van der Waals surface area contributed by atoms with Crippen LogP contribution < -0.4 is 5.32 Å². The van der Waals surface area contributed by atoms with Crippen LogP contribution in [0.4, 0.5) is 13.2 Å². The Morgan fingerprint density at radius 1 is 1.23 bits per heavy atom. The summed E-state index contributed by atoms with van der Waals surface area (Å²) in [6.07, 6.45) is 0. The predicted molar refractivity (Wildman–Crippen MR) is 42.0 cm³/mol. The third-order valence-corrected chi connectivity index (χ3v) is 2.22. The fraction of sp³-hybridized carbons (Fsp3) is 0.333. The predicted octanol–water partition coefficient (Wildman–Crippen LogP) is 1.73. The molecule has 1 nitrogen and oxygen atoms in total. The van der Waals surface area contributed by atoms with Gasteiger partial charge in [0.1, 0.15) is 11.6 Å². The SMILES string of the molecule is Fc1ccc(C2(F)CNC2)c(F)c1. The van der Waals surface area contributed by atoms with Crippen molar-refractivity contribution in [2.75, 3.05) is 13.1 Å². The number of hydrogen-bond donors (Lipinski definition) is 1. The van der Waals surface area contributed by atoms with E-state index in [1.165, 1.54) is 0 Å². The molecule has 0 unspecified atom stereocenters. The molecule has 1 saturated heterocycles. The molecule has 1 N–H and O–H groups in total.